The van der Waals surface area contributed by atoms with Crippen LogP contribution in [0.25, 0.3) is 5.57 Å². The van der Waals surface area contributed by atoms with E-state index < -0.39 is 24.3 Å². The molecule has 0 atom stereocenters. The second kappa shape index (κ2) is 12.0. The Morgan fingerprint density at radius 3 is 1.76 bits per heavy atom. The van der Waals surface area contributed by atoms with Crippen molar-refractivity contribution in [3.63, 3.8) is 0 Å². The SMILES string of the molecule is CCC[CH2][Sn](/[CH]=C(\C(=O)O)c1ccc(Cl)cc1)([CH2]CCC)[CH2]CCC. The first kappa shape index (κ1) is 22.6. The number of carboxylic acid groups (broad SMARTS) is 1. The van der Waals surface area contributed by atoms with E-state index in [1.54, 1.807) is 12.1 Å². The van der Waals surface area contributed by atoms with Gasteiger partial charge in [0.05, 0.1) is 0 Å². The summed E-state index contributed by atoms with van der Waals surface area (Å²) in [6.45, 7) is 6.70. The number of hydrogen-bond donors (Lipinski definition) is 1. The second-order valence-electron chi connectivity index (χ2n) is 7.04. The molecule has 25 heavy (non-hydrogen) atoms. The molecule has 0 unspecified atom stereocenters. The molecule has 0 amide bonds. The van der Waals surface area contributed by atoms with Gasteiger partial charge in [0.25, 0.3) is 0 Å². The number of carbonyl (C=O) groups is 1. The zero-order valence-corrected chi connectivity index (χ0v) is 19.6. The number of unbranched alkanes of at least 4 members (excludes halogenated alkanes) is 3. The van der Waals surface area contributed by atoms with Gasteiger partial charge in [0.2, 0.25) is 0 Å². The second-order valence-corrected chi connectivity index (χ2v) is 20.4. The number of carboxylic acids is 1. The number of rotatable bonds is 12. The molecular weight excluding hydrogens is 438 g/mol. The van der Waals surface area contributed by atoms with Gasteiger partial charge in [-0.05, 0) is 0 Å². The van der Waals surface area contributed by atoms with Crippen molar-refractivity contribution in [2.45, 2.75) is 72.6 Å². The van der Waals surface area contributed by atoms with Crippen LogP contribution in [0.3, 0.4) is 0 Å². The normalized spacial score (nSPS) is 12.4. The van der Waals surface area contributed by atoms with Crippen molar-refractivity contribution in [2.75, 3.05) is 0 Å². The molecule has 0 aliphatic rings. The maximum atomic E-state index is 12.0. The van der Waals surface area contributed by atoms with Crippen molar-refractivity contribution in [1.82, 2.24) is 0 Å². The molecule has 1 aromatic carbocycles. The molecule has 0 aliphatic heterocycles. The Bertz CT molecular complexity index is 530. The third kappa shape index (κ3) is 7.74. The predicted molar refractivity (Wildman–Crippen MR) is 112 cm³/mol. The quantitative estimate of drug-likeness (QED) is 0.259. The minimum absolute atomic E-state index is 0.510. The van der Waals surface area contributed by atoms with Crippen molar-refractivity contribution >= 4 is 41.5 Å². The van der Waals surface area contributed by atoms with E-state index in [1.807, 2.05) is 12.1 Å². The molecule has 0 aromatic heterocycles. The summed E-state index contributed by atoms with van der Waals surface area (Å²) in [5.41, 5.74) is 1.30. The van der Waals surface area contributed by atoms with Crippen molar-refractivity contribution < 1.29 is 9.90 Å². The van der Waals surface area contributed by atoms with E-state index >= 15 is 0 Å². The number of benzene rings is 1. The topological polar surface area (TPSA) is 37.3 Å². The predicted octanol–water partition coefficient (Wildman–Crippen LogP) is 7.20. The van der Waals surface area contributed by atoms with E-state index in [2.05, 4.69) is 24.9 Å². The molecule has 2 nitrogen and oxygen atoms in total. The molecule has 0 fully saturated rings. The zero-order valence-electron chi connectivity index (χ0n) is 16.0. The zero-order chi connectivity index (χ0) is 18.7. The summed E-state index contributed by atoms with van der Waals surface area (Å²) in [4.78, 5) is 12.0. The van der Waals surface area contributed by atoms with E-state index in [-0.39, 0.29) is 0 Å². The fraction of sp³-hybridized carbons (Fsp3) is 0.571. The molecule has 0 aliphatic carbocycles. The summed E-state index contributed by atoms with van der Waals surface area (Å²) in [7, 11) is 0. The minimum atomic E-state index is -2.65. The van der Waals surface area contributed by atoms with E-state index in [9.17, 15) is 9.90 Å². The number of aliphatic carboxylic acids is 1. The van der Waals surface area contributed by atoms with E-state index in [1.165, 1.54) is 51.8 Å². The maximum absolute atomic E-state index is 12.0. The van der Waals surface area contributed by atoms with Crippen LogP contribution < -0.4 is 0 Å². The Morgan fingerprint density at radius 2 is 1.40 bits per heavy atom. The van der Waals surface area contributed by atoms with Crippen LogP contribution in [-0.4, -0.2) is 29.5 Å². The van der Waals surface area contributed by atoms with E-state index in [0.29, 0.717) is 10.6 Å². The van der Waals surface area contributed by atoms with Crippen molar-refractivity contribution in [3.05, 3.63) is 38.9 Å². The Morgan fingerprint density at radius 1 is 0.960 bits per heavy atom. The van der Waals surface area contributed by atoms with Gasteiger partial charge in [-0.2, -0.15) is 0 Å². The van der Waals surface area contributed by atoms with Crippen LogP contribution in [0.1, 0.15) is 64.9 Å². The molecule has 4 heteroatoms. The van der Waals surface area contributed by atoms with Gasteiger partial charge in [0.1, 0.15) is 0 Å². The van der Waals surface area contributed by atoms with Gasteiger partial charge in [-0.15, -0.1) is 0 Å². The van der Waals surface area contributed by atoms with Crippen LogP contribution >= 0.6 is 11.6 Å². The first-order valence-electron chi connectivity index (χ1n) is 9.70. The average molecular weight is 472 g/mol. The van der Waals surface area contributed by atoms with Crippen LogP contribution in [0.5, 0.6) is 0 Å². The third-order valence-electron chi connectivity index (χ3n) is 4.92. The Labute approximate surface area is 162 Å². The number of halogens is 1. The van der Waals surface area contributed by atoms with Crippen molar-refractivity contribution in [3.8, 4) is 0 Å². The van der Waals surface area contributed by atoms with Gasteiger partial charge in [0.15, 0.2) is 0 Å². The van der Waals surface area contributed by atoms with E-state index in [0.717, 1.165) is 5.56 Å². The van der Waals surface area contributed by atoms with Gasteiger partial charge in [0, 0.05) is 0 Å². The molecule has 0 heterocycles. The van der Waals surface area contributed by atoms with Gasteiger partial charge in [-0.3, -0.25) is 0 Å². The summed E-state index contributed by atoms with van der Waals surface area (Å²) in [6.07, 6.45) is 7.25. The molecular formula is C21H33ClO2Sn. The van der Waals surface area contributed by atoms with Crippen LogP contribution in [0, 0.1) is 0 Å². The van der Waals surface area contributed by atoms with E-state index in [4.69, 9.17) is 11.6 Å². The van der Waals surface area contributed by atoms with Crippen molar-refractivity contribution in [1.29, 1.82) is 0 Å². The van der Waals surface area contributed by atoms with Gasteiger partial charge >= 0.3 is 163 Å². The molecule has 1 aromatic rings. The van der Waals surface area contributed by atoms with Gasteiger partial charge < -0.3 is 0 Å². The monoisotopic (exact) mass is 472 g/mol. The fourth-order valence-electron chi connectivity index (χ4n) is 3.38. The molecule has 140 valence electrons. The molecule has 0 saturated carbocycles. The van der Waals surface area contributed by atoms with Gasteiger partial charge in [-0.1, -0.05) is 0 Å². The fourth-order valence-corrected chi connectivity index (χ4v) is 18.5. The van der Waals surface area contributed by atoms with Crippen LogP contribution in [0.15, 0.2) is 28.4 Å². The summed E-state index contributed by atoms with van der Waals surface area (Å²) in [6, 6.07) is 7.26. The molecule has 1 N–H and O–H groups in total. The first-order valence-corrected chi connectivity index (χ1v) is 17.8. The summed E-state index contributed by atoms with van der Waals surface area (Å²) in [5.74, 6) is -0.798. The molecule has 0 radical (unpaired) electrons. The summed E-state index contributed by atoms with van der Waals surface area (Å²) >= 11 is 3.33. The average Bonchev–Trinajstić information content (AvgIpc) is 2.61. The Balaban J connectivity index is 3.31. The van der Waals surface area contributed by atoms with Crippen LogP contribution in [0.2, 0.25) is 18.3 Å². The molecule has 0 bridgehead atoms. The van der Waals surface area contributed by atoms with Gasteiger partial charge in [-0.25, -0.2) is 0 Å². The summed E-state index contributed by atoms with van der Waals surface area (Å²) < 4.78 is 6.10. The number of hydrogen-bond acceptors (Lipinski definition) is 1. The first-order chi connectivity index (χ1) is 12.0. The van der Waals surface area contributed by atoms with Crippen LogP contribution in [-0.2, 0) is 4.79 Å². The standard InChI is InChI=1S/C9H6ClO2.3C4H9.Sn/c1-6(9(11)12)7-2-4-8(10)5-3-7;3*1-3-4-2;/h1-5H,(H,11,12);3*1,3-4H2,2H3;. The molecule has 1 rings (SSSR count). The van der Waals surface area contributed by atoms with Crippen molar-refractivity contribution in [2.24, 2.45) is 0 Å². The third-order valence-corrected chi connectivity index (χ3v) is 19.3. The Kier molecular flexibility index (Phi) is 10.8. The summed E-state index contributed by atoms with van der Waals surface area (Å²) in [5, 5.41) is 10.5. The molecule has 0 spiro atoms. The molecule has 0 saturated heterocycles. The Hall–Kier alpha value is -0.481. The van der Waals surface area contributed by atoms with Crippen LogP contribution in [0.4, 0.5) is 0 Å².